The van der Waals surface area contributed by atoms with E-state index >= 15 is 0 Å². The molecule has 1 amide bonds. The first-order valence-electron chi connectivity index (χ1n) is 6.05. The summed E-state index contributed by atoms with van der Waals surface area (Å²) in [6.45, 7) is 1.43. The fourth-order valence-corrected chi connectivity index (χ4v) is 2.11. The summed E-state index contributed by atoms with van der Waals surface area (Å²) in [7, 11) is 0. The fourth-order valence-electron chi connectivity index (χ4n) is 2.11. The van der Waals surface area contributed by atoms with Crippen molar-refractivity contribution in [2.45, 2.75) is 37.6 Å². The van der Waals surface area contributed by atoms with E-state index in [1.165, 1.54) is 6.92 Å². The van der Waals surface area contributed by atoms with Gasteiger partial charge >= 0.3 is 5.69 Å². The van der Waals surface area contributed by atoms with E-state index in [0.717, 1.165) is 10.8 Å². The monoisotopic (exact) mass is 301 g/mol. The van der Waals surface area contributed by atoms with Crippen molar-refractivity contribution < 1.29 is 24.9 Å². The molecule has 1 aromatic heterocycles. The number of aromatic nitrogens is 2. The zero-order chi connectivity index (χ0) is 15.9. The lowest BCUT2D eigenvalue weighted by Gasteiger charge is -2.18. The highest BCUT2D eigenvalue weighted by atomic mass is 16.6. The Morgan fingerprint density at radius 1 is 1.43 bits per heavy atom. The molecule has 1 fully saturated rings. The van der Waals surface area contributed by atoms with Crippen LogP contribution in [0.1, 0.15) is 11.8 Å². The van der Waals surface area contributed by atoms with Gasteiger partial charge in [0.15, 0.2) is 12.3 Å². The summed E-state index contributed by atoms with van der Waals surface area (Å²) in [5.41, 5.74) is 3.62. The van der Waals surface area contributed by atoms with Crippen LogP contribution in [0.5, 0.6) is 0 Å². The highest BCUT2D eigenvalue weighted by molar-refractivity contribution is 5.79. The number of aliphatic hydroxyl groups is 3. The summed E-state index contributed by atoms with van der Waals surface area (Å²) in [6, 6.07) is 0. The van der Waals surface area contributed by atoms with Gasteiger partial charge in [-0.05, 0) is 6.92 Å². The Balaban J connectivity index is 2.38. The van der Waals surface area contributed by atoms with Gasteiger partial charge in [0.2, 0.25) is 5.91 Å². The van der Waals surface area contributed by atoms with Crippen LogP contribution in [0, 0.1) is 6.92 Å². The SMILES string of the molecule is Cc1cn([C@@H]2O[C@@H]([C@H](O)C(N)=O)[C@@H](O)[C@@H]2O)c(=O)[nH]c1=O. The van der Waals surface area contributed by atoms with Crippen molar-refractivity contribution in [2.24, 2.45) is 5.73 Å². The molecule has 0 aromatic carbocycles. The number of ether oxygens (including phenoxy) is 1. The molecule has 10 heteroatoms. The minimum atomic E-state index is -1.85. The second-order valence-electron chi connectivity index (χ2n) is 4.80. The van der Waals surface area contributed by atoms with Gasteiger partial charge in [-0.25, -0.2) is 4.79 Å². The molecule has 1 saturated heterocycles. The van der Waals surface area contributed by atoms with Gasteiger partial charge in [-0.2, -0.15) is 0 Å². The van der Waals surface area contributed by atoms with Gasteiger partial charge in [0.05, 0.1) is 0 Å². The standard InChI is InChI=1S/C11H15N3O7/c1-3-2-14(11(20)13-9(3)19)10-5(16)4(15)7(21-10)6(17)8(12)18/h2,4-7,10,15-17H,1H3,(H2,12,18)(H,13,19,20)/t4-,5-,6-,7+,10+/m0/s1. The Bertz CT molecular complexity index is 667. The van der Waals surface area contributed by atoms with E-state index in [9.17, 15) is 29.7 Å². The molecular weight excluding hydrogens is 286 g/mol. The minimum absolute atomic E-state index is 0.179. The lowest BCUT2D eigenvalue weighted by Crippen LogP contribution is -2.45. The molecule has 1 aliphatic heterocycles. The van der Waals surface area contributed by atoms with Crippen LogP contribution in [0.25, 0.3) is 0 Å². The molecule has 0 spiro atoms. The lowest BCUT2D eigenvalue weighted by atomic mass is 10.1. The van der Waals surface area contributed by atoms with E-state index in [1.807, 2.05) is 4.98 Å². The van der Waals surface area contributed by atoms with Crippen molar-refractivity contribution in [3.63, 3.8) is 0 Å². The van der Waals surface area contributed by atoms with Crippen molar-refractivity contribution in [1.82, 2.24) is 9.55 Å². The van der Waals surface area contributed by atoms with Crippen LogP contribution in [-0.4, -0.2) is 55.2 Å². The fraction of sp³-hybridized carbons (Fsp3) is 0.545. The van der Waals surface area contributed by atoms with Crippen molar-refractivity contribution in [3.05, 3.63) is 32.6 Å². The van der Waals surface area contributed by atoms with Crippen LogP contribution >= 0.6 is 0 Å². The van der Waals surface area contributed by atoms with Gasteiger partial charge in [-0.1, -0.05) is 0 Å². The Hall–Kier alpha value is -2.01. The Kier molecular flexibility index (Phi) is 3.96. The predicted molar refractivity (Wildman–Crippen MR) is 67.2 cm³/mol. The van der Waals surface area contributed by atoms with Gasteiger partial charge in [0, 0.05) is 11.8 Å². The molecule has 2 heterocycles. The third kappa shape index (κ3) is 2.61. The van der Waals surface area contributed by atoms with Gasteiger partial charge in [-0.15, -0.1) is 0 Å². The first-order valence-corrected chi connectivity index (χ1v) is 6.05. The minimum Gasteiger partial charge on any atom is -0.387 e. The predicted octanol–water partition coefficient (Wildman–Crippen LogP) is -3.69. The van der Waals surface area contributed by atoms with Gasteiger partial charge in [0.1, 0.15) is 18.3 Å². The molecule has 10 nitrogen and oxygen atoms in total. The Morgan fingerprint density at radius 2 is 2.05 bits per heavy atom. The molecule has 21 heavy (non-hydrogen) atoms. The zero-order valence-corrected chi connectivity index (χ0v) is 11.0. The molecule has 0 saturated carbocycles. The normalized spacial score (nSPS) is 30.3. The topological polar surface area (TPSA) is 168 Å². The third-order valence-electron chi connectivity index (χ3n) is 3.30. The summed E-state index contributed by atoms with van der Waals surface area (Å²) < 4.78 is 6.02. The molecule has 6 N–H and O–H groups in total. The smallest absolute Gasteiger partial charge is 0.330 e. The number of rotatable bonds is 3. The highest BCUT2D eigenvalue weighted by Crippen LogP contribution is 2.30. The van der Waals surface area contributed by atoms with Crippen molar-refractivity contribution in [3.8, 4) is 0 Å². The number of aryl methyl sites for hydroxylation is 1. The van der Waals surface area contributed by atoms with Crippen molar-refractivity contribution >= 4 is 5.91 Å². The molecule has 1 aromatic rings. The van der Waals surface area contributed by atoms with E-state index in [-0.39, 0.29) is 5.56 Å². The number of aromatic amines is 1. The van der Waals surface area contributed by atoms with E-state index < -0.39 is 47.8 Å². The van der Waals surface area contributed by atoms with E-state index in [1.54, 1.807) is 0 Å². The summed E-state index contributed by atoms with van der Waals surface area (Å²) >= 11 is 0. The molecule has 0 radical (unpaired) electrons. The summed E-state index contributed by atoms with van der Waals surface area (Å²) in [5.74, 6) is -1.14. The molecule has 5 atom stereocenters. The number of carbonyl (C=O) groups is 1. The highest BCUT2D eigenvalue weighted by Gasteiger charge is 2.48. The molecular formula is C11H15N3O7. The molecule has 116 valence electrons. The summed E-state index contributed by atoms with van der Waals surface area (Å²) in [5, 5.41) is 29.2. The number of carbonyl (C=O) groups excluding carboxylic acids is 1. The number of hydrogen-bond donors (Lipinski definition) is 5. The molecule has 0 aliphatic carbocycles. The quantitative estimate of drug-likeness (QED) is 0.383. The van der Waals surface area contributed by atoms with Crippen LogP contribution in [-0.2, 0) is 9.53 Å². The van der Waals surface area contributed by atoms with Gasteiger partial charge in [0.25, 0.3) is 5.56 Å². The molecule has 2 rings (SSSR count). The van der Waals surface area contributed by atoms with Crippen LogP contribution in [0.4, 0.5) is 0 Å². The van der Waals surface area contributed by atoms with Crippen LogP contribution in [0.2, 0.25) is 0 Å². The Morgan fingerprint density at radius 3 is 2.62 bits per heavy atom. The maximum Gasteiger partial charge on any atom is 0.330 e. The number of aliphatic hydroxyl groups excluding tert-OH is 3. The third-order valence-corrected chi connectivity index (χ3v) is 3.30. The molecule has 1 aliphatic rings. The van der Waals surface area contributed by atoms with E-state index in [2.05, 4.69) is 0 Å². The molecule has 0 bridgehead atoms. The van der Waals surface area contributed by atoms with Crippen LogP contribution in [0.3, 0.4) is 0 Å². The number of nitrogens with zero attached hydrogens (tertiary/aromatic N) is 1. The number of H-pyrrole nitrogens is 1. The first kappa shape index (κ1) is 15.4. The maximum absolute atomic E-state index is 11.7. The number of primary amides is 1. The number of amides is 1. The van der Waals surface area contributed by atoms with Gasteiger partial charge in [-0.3, -0.25) is 19.1 Å². The lowest BCUT2D eigenvalue weighted by molar-refractivity contribution is -0.140. The average Bonchev–Trinajstić information content (AvgIpc) is 2.70. The molecule has 0 unspecified atom stereocenters. The number of hydrogen-bond acceptors (Lipinski definition) is 7. The zero-order valence-electron chi connectivity index (χ0n) is 11.0. The van der Waals surface area contributed by atoms with Crippen molar-refractivity contribution in [2.75, 3.05) is 0 Å². The number of nitrogens with one attached hydrogen (secondary N) is 1. The van der Waals surface area contributed by atoms with Crippen LogP contribution in [0.15, 0.2) is 15.8 Å². The average molecular weight is 301 g/mol. The van der Waals surface area contributed by atoms with Crippen LogP contribution < -0.4 is 17.0 Å². The van der Waals surface area contributed by atoms with Gasteiger partial charge < -0.3 is 25.8 Å². The summed E-state index contributed by atoms with van der Waals surface area (Å²) in [4.78, 5) is 36.0. The van der Waals surface area contributed by atoms with Crippen molar-refractivity contribution in [1.29, 1.82) is 0 Å². The summed E-state index contributed by atoms with van der Waals surface area (Å²) in [6.07, 6.45) is -6.78. The first-order chi connectivity index (χ1) is 9.73. The van der Waals surface area contributed by atoms with E-state index in [4.69, 9.17) is 10.5 Å². The second kappa shape index (κ2) is 5.41. The largest absolute Gasteiger partial charge is 0.387 e. The Labute approximate surface area is 117 Å². The maximum atomic E-state index is 11.7. The van der Waals surface area contributed by atoms with E-state index in [0.29, 0.717) is 0 Å². The second-order valence-corrected chi connectivity index (χ2v) is 4.80. The number of nitrogens with two attached hydrogens (primary N) is 1.